The second-order valence-electron chi connectivity index (χ2n) is 28.5. The van der Waals surface area contributed by atoms with E-state index in [1.807, 2.05) is 0 Å². The van der Waals surface area contributed by atoms with Crippen molar-refractivity contribution in [3.05, 3.63) is 278 Å². The van der Waals surface area contributed by atoms with Gasteiger partial charge in [0.1, 0.15) is 38.5 Å². The Morgan fingerprint density at radius 3 is 1.12 bits per heavy atom. The number of hydrogen-bond donors (Lipinski definition) is 0. The number of furan rings is 2. The summed E-state index contributed by atoms with van der Waals surface area (Å²) >= 11 is 0. The van der Waals surface area contributed by atoms with Gasteiger partial charge in [-0.1, -0.05) is 186 Å². The lowest BCUT2D eigenvalue weighted by molar-refractivity contribution is 0.668. The first kappa shape index (κ1) is 53.3. The average molecular weight is 1260 g/mol. The standard InChI is InChI=1S/C86H60B2N4O2Si2/c1-51-43-69-81-70(44-51)92(60-38-40-64-62-22-10-12-28-74(62)94-76(64)50-60)68-26-16-32-80-86(68)88(81)85-67(91(69)59-37-39-63-61-21-9-11-27-73(61)93-75(63)49-59)25-15-31-79(85)96(80,4)42-41-52-45-71-82-72(46-52)90(58-36-34-54-18-6-8-20-56(54)48-58)66-24-14-30-78-84(66)87(82)83-65(23-13-29-77(83)95(78,2)3)89(71)57-35-33-53-17-5-7-19-55(53)47-57/h5-40,43-50H,41-42H2,1-4H3. The van der Waals surface area contributed by atoms with Crippen LogP contribution in [-0.2, 0) is 6.42 Å². The molecular weight excluding hydrogens is 1200 g/mol. The predicted octanol–water partition coefficient (Wildman–Crippen LogP) is 16.2. The lowest BCUT2D eigenvalue weighted by atomic mass is 9.33. The fraction of sp³-hybridized carbons (Fsp3) is 0.0698. The molecule has 96 heavy (non-hydrogen) atoms. The Balaban J connectivity index is 0.777. The van der Waals surface area contributed by atoms with Crippen molar-refractivity contribution in [1.29, 1.82) is 0 Å². The van der Waals surface area contributed by atoms with Crippen molar-refractivity contribution >= 4 is 217 Å². The molecule has 0 radical (unpaired) electrons. The molecule has 0 aliphatic carbocycles. The first-order valence-electron chi connectivity index (χ1n) is 34.0. The Morgan fingerprint density at radius 1 is 0.302 bits per heavy atom. The number of anilines is 12. The zero-order valence-corrected chi connectivity index (χ0v) is 55.6. The van der Waals surface area contributed by atoms with E-state index >= 15 is 0 Å². The van der Waals surface area contributed by atoms with Gasteiger partial charge in [0.2, 0.25) is 0 Å². The first-order valence-corrected chi connectivity index (χ1v) is 39.7. The van der Waals surface area contributed by atoms with Crippen molar-refractivity contribution < 1.29 is 8.83 Å². The number of rotatable bonds is 7. The molecule has 14 aromatic carbocycles. The van der Waals surface area contributed by atoms with Crippen LogP contribution >= 0.6 is 0 Å². The maximum atomic E-state index is 6.75. The normalized spacial score (nSPS) is 15.2. The van der Waals surface area contributed by atoms with E-state index in [1.54, 1.807) is 10.4 Å². The molecule has 0 fully saturated rings. The van der Waals surface area contributed by atoms with Crippen molar-refractivity contribution in [2.75, 3.05) is 19.6 Å². The highest BCUT2D eigenvalue weighted by Crippen LogP contribution is 2.50. The van der Waals surface area contributed by atoms with Gasteiger partial charge in [-0.05, 0) is 194 Å². The molecule has 2 aromatic heterocycles. The molecule has 6 aliphatic rings. The Morgan fingerprint density at radius 2 is 0.667 bits per heavy atom. The number of hydrogen-bond acceptors (Lipinski definition) is 6. The average Bonchev–Trinajstić information content (AvgIpc) is 0.746. The summed E-state index contributed by atoms with van der Waals surface area (Å²) in [5.41, 5.74) is 29.3. The zero-order valence-electron chi connectivity index (χ0n) is 53.6. The maximum Gasteiger partial charge on any atom is 0.251 e. The topological polar surface area (TPSA) is 39.2 Å². The summed E-state index contributed by atoms with van der Waals surface area (Å²) in [6, 6.07) is 103. The van der Waals surface area contributed by atoms with E-state index in [-0.39, 0.29) is 13.4 Å². The van der Waals surface area contributed by atoms with Crippen molar-refractivity contribution in [3.63, 3.8) is 0 Å². The van der Waals surface area contributed by atoms with Crippen molar-refractivity contribution in [3.8, 4) is 0 Å². The fourth-order valence-corrected chi connectivity index (χ4v) is 26.5. The summed E-state index contributed by atoms with van der Waals surface area (Å²) in [4.78, 5) is 10.5. The van der Waals surface area contributed by atoms with E-state index in [0.717, 1.165) is 67.7 Å². The molecule has 0 amide bonds. The van der Waals surface area contributed by atoms with Crippen molar-refractivity contribution in [2.45, 2.75) is 39.0 Å². The summed E-state index contributed by atoms with van der Waals surface area (Å²) in [7, 11) is -5.02. The fourth-order valence-electron chi connectivity index (χ4n) is 19.0. The molecule has 22 rings (SSSR count). The van der Waals surface area contributed by atoms with Crippen LogP contribution in [-0.4, -0.2) is 29.6 Å². The second-order valence-corrected chi connectivity index (χ2v) is 37.1. The second kappa shape index (κ2) is 18.9. The molecule has 0 saturated heterocycles. The number of para-hydroxylation sites is 2. The summed E-state index contributed by atoms with van der Waals surface area (Å²) in [6.45, 7) is 10.2. The van der Waals surface area contributed by atoms with E-state index in [4.69, 9.17) is 8.83 Å². The maximum absolute atomic E-state index is 6.75. The van der Waals surface area contributed by atoms with Crippen LogP contribution in [0.3, 0.4) is 0 Å². The molecular formula is C86H60B2N4O2Si2. The lowest BCUT2D eigenvalue weighted by Crippen LogP contribution is -2.80. The van der Waals surface area contributed by atoms with Crippen LogP contribution in [0.15, 0.2) is 276 Å². The van der Waals surface area contributed by atoms with Gasteiger partial charge in [-0.25, -0.2) is 0 Å². The molecule has 10 heteroatoms. The van der Waals surface area contributed by atoms with Crippen LogP contribution in [0, 0.1) is 6.92 Å². The molecule has 0 saturated carbocycles. The minimum absolute atomic E-state index is 0.00335. The van der Waals surface area contributed by atoms with Crippen molar-refractivity contribution in [1.82, 2.24) is 0 Å². The quantitative estimate of drug-likeness (QED) is 0.148. The summed E-state index contributed by atoms with van der Waals surface area (Å²) < 4.78 is 13.5. The van der Waals surface area contributed by atoms with Gasteiger partial charge < -0.3 is 28.4 Å². The van der Waals surface area contributed by atoms with Gasteiger partial charge in [-0.3, -0.25) is 0 Å². The van der Waals surface area contributed by atoms with Crippen LogP contribution in [0.4, 0.5) is 68.2 Å². The van der Waals surface area contributed by atoms with Crippen LogP contribution < -0.4 is 73.1 Å². The van der Waals surface area contributed by atoms with Gasteiger partial charge in [-0.2, -0.15) is 0 Å². The van der Waals surface area contributed by atoms with Crippen LogP contribution in [0.25, 0.3) is 65.4 Å². The van der Waals surface area contributed by atoms with Gasteiger partial charge in [0.05, 0.1) is 0 Å². The molecule has 8 heterocycles. The Labute approximate surface area is 558 Å². The smallest absolute Gasteiger partial charge is 0.251 e. The molecule has 0 atom stereocenters. The van der Waals surface area contributed by atoms with Crippen LogP contribution in [0.5, 0.6) is 0 Å². The van der Waals surface area contributed by atoms with Gasteiger partial charge in [0.15, 0.2) is 0 Å². The molecule has 6 nitrogen and oxygen atoms in total. The highest BCUT2D eigenvalue weighted by Gasteiger charge is 2.55. The Hall–Kier alpha value is -11.0. The molecule has 0 bridgehead atoms. The van der Waals surface area contributed by atoms with Gasteiger partial charge in [0.25, 0.3) is 13.4 Å². The summed E-state index contributed by atoms with van der Waals surface area (Å²) in [6.07, 6.45) is 0.877. The van der Waals surface area contributed by atoms with E-state index in [2.05, 4.69) is 313 Å². The SMILES string of the molecule is Cc1cc2c3c(c1)N(c1ccc4c(c1)oc1ccccc14)c1cccc4c1B3c1c(cccc1[Si]4(C)CCc1cc3c4c(c1)N(c1ccc5ccccc5c1)c1cccc5c1B4c1c(cccc1[Si]5(C)C)N3c1ccc3ccccc3c1)N2c1ccc2c(c1)oc1ccccc12. The number of nitrogens with zero attached hydrogens (tertiary/aromatic N) is 4. The third kappa shape index (κ3) is 6.96. The highest BCUT2D eigenvalue weighted by molar-refractivity contribution is 7.17. The Kier molecular flexibility index (Phi) is 10.5. The monoisotopic (exact) mass is 1260 g/mol. The highest BCUT2D eigenvalue weighted by atomic mass is 28.3. The summed E-state index contributed by atoms with van der Waals surface area (Å²) in [5.74, 6) is 0. The third-order valence-corrected chi connectivity index (χ3v) is 31.2. The van der Waals surface area contributed by atoms with Gasteiger partial charge in [-0.15, -0.1) is 0 Å². The van der Waals surface area contributed by atoms with Crippen LogP contribution in [0.1, 0.15) is 11.1 Å². The predicted molar refractivity (Wildman–Crippen MR) is 411 cm³/mol. The third-order valence-electron chi connectivity index (χ3n) is 23.1. The minimum atomic E-state index is -2.77. The molecule has 450 valence electrons. The van der Waals surface area contributed by atoms with Crippen LogP contribution in [0.2, 0.25) is 25.7 Å². The van der Waals surface area contributed by atoms with Gasteiger partial charge in [0, 0.05) is 102 Å². The molecule has 0 N–H and O–H groups in total. The number of benzene rings is 14. The van der Waals surface area contributed by atoms with E-state index in [0.29, 0.717) is 0 Å². The minimum Gasteiger partial charge on any atom is -0.456 e. The summed E-state index contributed by atoms with van der Waals surface area (Å²) in [5, 5.41) is 15.6. The number of fused-ring (bicyclic) bond motifs is 8. The van der Waals surface area contributed by atoms with Gasteiger partial charge >= 0.3 is 0 Å². The lowest BCUT2D eigenvalue weighted by Gasteiger charge is -2.51. The number of aryl methyl sites for hydroxylation is 2. The Bertz CT molecular complexity index is 5850. The largest absolute Gasteiger partial charge is 0.456 e. The zero-order chi connectivity index (χ0) is 63.2. The van der Waals surface area contributed by atoms with E-state index in [1.165, 1.54) is 133 Å². The molecule has 6 aliphatic heterocycles. The van der Waals surface area contributed by atoms with E-state index < -0.39 is 16.1 Å². The first-order chi connectivity index (χ1) is 47.1. The van der Waals surface area contributed by atoms with E-state index in [9.17, 15) is 0 Å². The molecule has 16 aromatic rings. The molecule has 0 unspecified atom stereocenters. The molecule has 0 spiro atoms. The van der Waals surface area contributed by atoms with Crippen molar-refractivity contribution in [2.24, 2.45) is 0 Å².